The lowest BCUT2D eigenvalue weighted by molar-refractivity contribution is -0.122. The van der Waals surface area contributed by atoms with Gasteiger partial charge in [0.05, 0.1) is 0 Å². The Morgan fingerprint density at radius 2 is 2.00 bits per heavy atom. The van der Waals surface area contributed by atoms with Crippen LogP contribution in [0.2, 0.25) is 5.02 Å². The van der Waals surface area contributed by atoms with Gasteiger partial charge in [0.15, 0.2) is 6.10 Å². The van der Waals surface area contributed by atoms with Crippen LogP contribution in [0.3, 0.4) is 0 Å². The van der Waals surface area contributed by atoms with Crippen molar-refractivity contribution in [2.45, 2.75) is 26.9 Å². The van der Waals surface area contributed by atoms with Gasteiger partial charge in [-0.2, -0.15) is 4.98 Å². The number of aromatic nitrogens is 2. The summed E-state index contributed by atoms with van der Waals surface area (Å²) in [4.78, 5) is 16.5. The number of hydrogen-bond donors (Lipinski definition) is 1. The van der Waals surface area contributed by atoms with Gasteiger partial charge in [-0.3, -0.25) is 10.1 Å². The number of ether oxygens (including phenoxy) is 1. The van der Waals surface area contributed by atoms with Gasteiger partial charge in [0.1, 0.15) is 5.75 Å². The van der Waals surface area contributed by atoms with E-state index in [9.17, 15) is 4.79 Å². The molecule has 0 saturated heterocycles. The highest BCUT2D eigenvalue weighted by atomic mass is 35.5. The molecule has 1 atom stereocenters. The molecule has 7 heteroatoms. The monoisotopic (exact) mass is 371 g/mol. The van der Waals surface area contributed by atoms with Crippen molar-refractivity contribution in [2.24, 2.45) is 0 Å². The summed E-state index contributed by atoms with van der Waals surface area (Å²) in [6.07, 6.45) is -0.719. The maximum absolute atomic E-state index is 12.3. The molecule has 1 aromatic heterocycles. The second-order valence-electron chi connectivity index (χ2n) is 5.88. The molecule has 1 unspecified atom stereocenters. The summed E-state index contributed by atoms with van der Waals surface area (Å²) in [6.45, 7) is 5.60. The molecule has 0 spiro atoms. The Morgan fingerprint density at radius 3 is 2.77 bits per heavy atom. The van der Waals surface area contributed by atoms with E-state index < -0.39 is 6.10 Å². The van der Waals surface area contributed by atoms with Crippen molar-refractivity contribution in [2.75, 3.05) is 5.32 Å². The fourth-order valence-corrected chi connectivity index (χ4v) is 2.51. The molecule has 3 aromatic rings. The molecule has 1 heterocycles. The van der Waals surface area contributed by atoms with Crippen LogP contribution in [0.5, 0.6) is 5.75 Å². The molecule has 1 N–H and O–H groups in total. The summed E-state index contributed by atoms with van der Waals surface area (Å²) in [5.41, 5.74) is 2.76. The number of nitrogens with one attached hydrogen (secondary N) is 1. The average molecular weight is 372 g/mol. The zero-order valence-electron chi connectivity index (χ0n) is 14.6. The lowest BCUT2D eigenvalue weighted by atomic mass is 10.1. The minimum atomic E-state index is -0.719. The van der Waals surface area contributed by atoms with Crippen LogP contribution in [0.1, 0.15) is 18.1 Å². The van der Waals surface area contributed by atoms with Gasteiger partial charge in [-0.05, 0) is 61.3 Å². The van der Waals surface area contributed by atoms with Crippen LogP contribution in [-0.4, -0.2) is 22.2 Å². The third-order valence-electron chi connectivity index (χ3n) is 3.96. The molecule has 0 aliphatic heterocycles. The van der Waals surface area contributed by atoms with Crippen molar-refractivity contribution in [1.82, 2.24) is 10.1 Å². The Kier molecular flexibility index (Phi) is 5.23. The molecule has 6 nitrogen and oxygen atoms in total. The van der Waals surface area contributed by atoms with Gasteiger partial charge in [-0.25, -0.2) is 0 Å². The number of anilines is 1. The second kappa shape index (κ2) is 7.58. The first-order valence-electron chi connectivity index (χ1n) is 8.07. The number of amides is 1. The van der Waals surface area contributed by atoms with E-state index in [1.165, 1.54) is 0 Å². The summed E-state index contributed by atoms with van der Waals surface area (Å²) >= 11 is 5.95. The van der Waals surface area contributed by atoms with Crippen molar-refractivity contribution >= 4 is 23.5 Å². The predicted octanol–water partition coefficient (Wildman–Crippen LogP) is 4.41. The fourth-order valence-electron chi connectivity index (χ4n) is 2.32. The Hall–Kier alpha value is -2.86. The molecule has 0 bridgehead atoms. The number of hydrogen-bond acceptors (Lipinski definition) is 5. The van der Waals surface area contributed by atoms with Gasteiger partial charge in [0, 0.05) is 10.6 Å². The molecule has 0 radical (unpaired) electrons. The van der Waals surface area contributed by atoms with E-state index in [-0.39, 0.29) is 17.7 Å². The van der Waals surface area contributed by atoms with Crippen LogP contribution in [0.15, 0.2) is 47.0 Å². The van der Waals surface area contributed by atoms with Gasteiger partial charge in [0.25, 0.3) is 17.7 Å². The van der Waals surface area contributed by atoms with E-state index in [0.717, 1.165) is 11.1 Å². The van der Waals surface area contributed by atoms with Gasteiger partial charge < -0.3 is 9.26 Å². The van der Waals surface area contributed by atoms with Crippen molar-refractivity contribution in [3.05, 3.63) is 58.6 Å². The van der Waals surface area contributed by atoms with E-state index in [4.69, 9.17) is 20.9 Å². The first-order valence-corrected chi connectivity index (χ1v) is 8.45. The average Bonchev–Trinajstić information content (AvgIpc) is 3.07. The number of rotatable bonds is 5. The SMILES string of the molecule is Cc1cccc(OC(C)C(=O)Nc2noc(-c3cccc(Cl)c3)n2)c1C. The van der Waals surface area contributed by atoms with Crippen LogP contribution >= 0.6 is 11.6 Å². The highest BCUT2D eigenvalue weighted by Gasteiger charge is 2.19. The second-order valence-corrected chi connectivity index (χ2v) is 6.32. The molecule has 0 saturated carbocycles. The van der Waals surface area contributed by atoms with Crippen LogP contribution in [-0.2, 0) is 4.79 Å². The van der Waals surface area contributed by atoms with Crippen LogP contribution in [0, 0.1) is 13.8 Å². The maximum atomic E-state index is 12.3. The summed E-state index contributed by atoms with van der Waals surface area (Å²) < 4.78 is 10.9. The van der Waals surface area contributed by atoms with E-state index in [1.54, 1.807) is 31.2 Å². The van der Waals surface area contributed by atoms with Gasteiger partial charge in [-0.1, -0.05) is 29.8 Å². The molecule has 0 aliphatic rings. The summed E-state index contributed by atoms with van der Waals surface area (Å²) in [5, 5.41) is 6.91. The summed E-state index contributed by atoms with van der Waals surface area (Å²) in [5.74, 6) is 0.636. The molecule has 2 aromatic carbocycles. The first kappa shape index (κ1) is 17.9. The Labute approximate surface area is 156 Å². The number of carbonyl (C=O) groups excluding carboxylic acids is 1. The first-order chi connectivity index (χ1) is 12.4. The van der Waals surface area contributed by atoms with Crippen molar-refractivity contribution in [3.63, 3.8) is 0 Å². The Bertz CT molecular complexity index is 939. The van der Waals surface area contributed by atoms with Gasteiger partial charge >= 0.3 is 0 Å². The minimum Gasteiger partial charge on any atom is -0.481 e. The zero-order chi connectivity index (χ0) is 18.7. The van der Waals surface area contributed by atoms with E-state index >= 15 is 0 Å². The van der Waals surface area contributed by atoms with Gasteiger partial charge in [-0.15, -0.1) is 0 Å². The third kappa shape index (κ3) is 4.03. The smallest absolute Gasteiger partial charge is 0.270 e. The van der Waals surface area contributed by atoms with Gasteiger partial charge in [0.2, 0.25) is 0 Å². The third-order valence-corrected chi connectivity index (χ3v) is 4.20. The molecule has 1 amide bonds. The molecule has 134 valence electrons. The van der Waals surface area contributed by atoms with Crippen molar-refractivity contribution < 1.29 is 14.1 Å². The minimum absolute atomic E-state index is 0.0707. The number of halogens is 1. The van der Waals surface area contributed by atoms with Crippen LogP contribution < -0.4 is 10.1 Å². The van der Waals surface area contributed by atoms with E-state index in [0.29, 0.717) is 16.3 Å². The molecular weight excluding hydrogens is 354 g/mol. The highest BCUT2D eigenvalue weighted by molar-refractivity contribution is 6.30. The number of aryl methyl sites for hydroxylation is 1. The van der Waals surface area contributed by atoms with Crippen molar-refractivity contribution in [3.8, 4) is 17.2 Å². The van der Waals surface area contributed by atoms with E-state index in [2.05, 4.69) is 15.5 Å². The number of nitrogens with zero attached hydrogens (tertiary/aromatic N) is 2. The van der Waals surface area contributed by atoms with Crippen LogP contribution in [0.4, 0.5) is 5.95 Å². The highest BCUT2D eigenvalue weighted by Crippen LogP contribution is 2.23. The molecular formula is C19H18ClN3O3. The zero-order valence-corrected chi connectivity index (χ0v) is 15.4. The van der Waals surface area contributed by atoms with Crippen molar-refractivity contribution in [1.29, 1.82) is 0 Å². The normalized spacial score (nSPS) is 11.8. The fraction of sp³-hybridized carbons (Fsp3) is 0.211. The lowest BCUT2D eigenvalue weighted by Gasteiger charge is -2.16. The quantitative estimate of drug-likeness (QED) is 0.718. The molecule has 0 aliphatic carbocycles. The molecule has 0 fully saturated rings. The summed E-state index contributed by atoms with van der Waals surface area (Å²) in [7, 11) is 0. The number of carbonyl (C=O) groups is 1. The topological polar surface area (TPSA) is 77.2 Å². The summed E-state index contributed by atoms with van der Waals surface area (Å²) in [6, 6.07) is 12.7. The largest absolute Gasteiger partial charge is 0.481 e. The predicted molar refractivity (Wildman–Crippen MR) is 99.4 cm³/mol. The lowest BCUT2D eigenvalue weighted by Crippen LogP contribution is -2.30. The maximum Gasteiger partial charge on any atom is 0.270 e. The van der Waals surface area contributed by atoms with E-state index in [1.807, 2.05) is 32.0 Å². The standard InChI is InChI=1S/C19H18ClN3O3/c1-11-6-4-9-16(12(11)2)25-13(3)17(24)21-19-22-18(26-23-19)14-7-5-8-15(20)10-14/h4-10,13H,1-3H3,(H,21,23,24). The molecule has 3 rings (SSSR count). The van der Waals surface area contributed by atoms with Crippen LogP contribution in [0.25, 0.3) is 11.5 Å². The molecule has 26 heavy (non-hydrogen) atoms. The Balaban J connectivity index is 1.67. The Morgan fingerprint density at radius 1 is 1.23 bits per heavy atom. The number of benzene rings is 2.